The van der Waals surface area contributed by atoms with Crippen molar-refractivity contribution in [1.29, 1.82) is 0 Å². The Morgan fingerprint density at radius 3 is 1.48 bits per heavy atom. The number of aromatic nitrogens is 1. The number of hydrogen-bond acceptors (Lipinski definition) is 1. The summed E-state index contributed by atoms with van der Waals surface area (Å²) in [6, 6.07) is 74.7. The molecule has 0 saturated heterocycles. The van der Waals surface area contributed by atoms with E-state index in [0.717, 1.165) is 22.7 Å². The predicted molar refractivity (Wildman–Crippen MR) is 221 cm³/mol. The van der Waals surface area contributed by atoms with Gasteiger partial charge >= 0.3 is 0 Å². The summed E-state index contributed by atoms with van der Waals surface area (Å²) in [6.07, 6.45) is 0. The van der Waals surface area contributed by atoms with Gasteiger partial charge in [0.1, 0.15) is 0 Å². The summed E-state index contributed by atoms with van der Waals surface area (Å²) in [4.78, 5) is 2.38. The molecule has 2 nitrogen and oxygen atoms in total. The smallest absolute Gasteiger partial charge is 0.0542 e. The second kappa shape index (κ2) is 12.5. The van der Waals surface area contributed by atoms with E-state index in [1.807, 2.05) is 0 Å². The molecule has 1 heterocycles. The summed E-state index contributed by atoms with van der Waals surface area (Å²) in [5.41, 5.74) is 11.8. The van der Waals surface area contributed by atoms with Gasteiger partial charge in [0.25, 0.3) is 0 Å². The van der Waals surface area contributed by atoms with Crippen LogP contribution in [0.25, 0.3) is 71.3 Å². The molecule has 244 valence electrons. The summed E-state index contributed by atoms with van der Waals surface area (Å²) in [6.45, 7) is 0. The molecule has 10 aromatic rings. The maximum atomic E-state index is 2.38. The van der Waals surface area contributed by atoms with Crippen LogP contribution >= 0.6 is 0 Å². The van der Waals surface area contributed by atoms with E-state index in [-0.39, 0.29) is 0 Å². The van der Waals surface area contributed by atoms with Crippen LogP contribution in [0.2, 0.25) is 0 Å². The lowest BCUT2D eigenvalue weighted by Crippen LogP contribution is -2.09. The number of benzene rings is 9. The summed E-state index contributed by atoms with van der Waals surface area (Å²) in [7, 11) is 0. The first-order valence-electron chi connectivity index (χ1n) is 17.8. The van der Waals surface area contributed by atoms with Crippen LogP contribution in [0.1, 0.15) is 0 Å². The molecule has 0 N–H and O–H groups in total. The molecular weight excluding hydrogens is 629 g/mol. The molecule has 0 bridgehead atoms. The zero-order valence-electron chi connectivity index (χ0n) is 28.5. The molecule has 0 atom stereocenters. The molecule has 9 aromatic carbocycles. The molecule has 2 heteroatoms. The van der Waals surface area contributed by atoms with Gasteiger partial charge in [0.15, 0.2) is 0 Å². The number of nitrogens with zero attached hydrogens (tertiary/aromatic N) is 2. The van der Waals surface area contributed by atoms with Crippen LogP contribution in [0.4, 0.5) is 17.1 Å². The van der Waals surface area contributed by atoms with E-state index in [4.69, 9.17) is 0 Å². The highest BCUT2D eigenvalue weighted by Crippen LogP contribution is 2.41. The van der Waals surface area contributed by atoms with Crippen LogP contribution in [0.5, 0.6) is 0 Å². The SMILES string of the molecule is c1ccc(-c2ccc3ccc(-c4ccc5ccc(N(c6ccccc6)c6ccc7c(c6)c6ccccc6n7-c6ccccc6)cc5c4)cc3c2)cc1. The summed E-state index contributed by atoms with van der Waals surface area (Å²) < 4.78 is 2.37. The van der Waals surface area contributed by atoms with E-state index in [1.54, 1.807) is 0 Å². The van der Waals surface area contributed by atoms with Crippen molar-refractivity contribution in [2.24, 2.45) is 0 Å². The zero-order chi connectivity index (χ0) is 34.4. The van der Waals surface area contributed by atoms with Gasteiger partial charge in [-0.25, -0.2) is 0 Å². The van der Waals surface area contributed by atoms with E-state index in [0.29, 0.717) is 0 Å². The van der Waals surface area contributed by atoms with Crippen LogP contribution in [-0.4, -0.2) is 4.57 Å². The van der Waals surface area contributed by atoms with E-state index in [1.165, 1.54) is 65.6 Å². The van der Waals surface area contributed by atoms with Crippen LogP contribution < -0.4 is 4.90 Å². The third-order valence-electron chi connectivity index (χ3n) is 10.3. The van der Waals surface area contributed by atoms with Crippen LogP contribution in [0.15, 0.2) is 206 Å². The standard InChI is InChI=1S/C50H34N2/c1-4-12-35(13-5-1)38-23-20-36-21-24-39(31-41(36)30-38)40-25-22-37-26-27-45(33-42(37)32-40)51(43-14-6-2-7-15-43)46-28-29-50-48(34-46)47-18-10-11-19-49(47)52(50)44-16-8-3-9-17-44/h1-34H. The third kappa shape index (κ3) is 5.21. The Labute approximate surface area is 303 Å². The molecular formula is C50H34N2. The maximum absolute atomic E-state index is 2.38. The molecule has 0 amide bonds. The Morgan fingerprint density at radius 1 is 0.288 bits per heavy atom. The minimum atomic E-state index is 1.12. The molecule has 0 fully saturated rings. The average Bonchev–Trinajstić information content (AvgIpc) is 3.55. The molecule has 0 aliphatic carbocycles. The lowest BCUT2D eigenvalue weighted by atomic mass is 9.96. The highest BCUT2D eigenvalue weighted by atomic mass is 15.1. The van der Waals surface area contributed by atoms with Crippen molar-refractivity contribution < 1.29 is 0 Å². The molecule has 52 heavy (non-hydrogen) atoms. The highest BCUT2D eigenvalue weighted by molar-refractivity contribution is 6.11. The van der Waals surface area contributed by atoms with Crippen molar-refractivity contribution >= 4 is 60.4 Å². The lowest BCUT2D eigenvalue weighted by molar-refractivity contribution is 1.18. The molecule has 0 aliphatic rings. The van der Waals surface area contributed by atoms with E-state index in [2.05, 4.69) is 216 Å². The van der Waals surface area contributed by atoms with Crippen molar-refractivity contribution in [3.63, 3.8) is 0 Å². The zero-order valence-corrected chi connectivity index (χ0v) is 28.5. The second-order valence-corrected chi connectivity index (χ2v) is 13.4. The van der Waals surface area contributed by atoms with Crippen LogP contribution in [0, 0.1) is 0 Å². The van der Waals surface area contributed by atoms with Gasteiger partial charge in [-0.15, -0.1) is 0 Å². The maximum Gasteiger partial charge on any atom is 0.0542 e. The number of para-hydroxylation sites is 3. The average molecular weight is 663 g/mol. The van der Waals surface area contributed by atoms with Gasteiger partial charge < -0.3 is 9.47 Å². The van der Waals surface area contributed by atoms with Gasteiger partial charge in [0.2, 0.25) is 0 Å². The second-order valence-electron chi connectivity index (χ2n) is 13.4. The summed E-state index contributed by atoms with van der Waals surface area (Å²) in [5.74, 6) is 0. The molecule has 0 radical (unpaired) electrons. The summed E-state index contributed by atoms with van der Waals surface area (Å²) >= 11 is 0. The third-order valence-corrected chi connectivity index (χ3v) is 10.3. The first-order chi connectivity index (χ1) is 25.8. The Kier molecular flexibility index (Phi) is 7.18. The molecule has 10 rings (SSSR count). The fourth-order valence-corrected chi connectivity index (χ4v) is 7.77. The number of anilines is 3. The fourth-order valence-electron chi connectivity index (χ4n) is 7.77. The van der Waals surface area contributed by atoms with E-state index >= 15 is 0 Å². The first-order valence-corrected chi connectivity index (χ1v) is 17.8. The number of rotatable bonds is 6. The molecule has 0 spiro atoms. The van der Waals surface area contributed by atoms with Crippen molar-refractivity contribution in [1.82, 2.24) is 4.57 Å². The van der Waals surface area contributed by atoms with Crippen LogP contribution in [0.3, 0.4) is 0 Å². The predicted octanol–water partition coefficient (Wildman–Crippen LogP) is 13.9. The number of fused-ring (bicyclic) bond motifs is 5. The van der Waals surface area contributed by atoms with Crippen molar-refractivity contribution in [3.05, 3.63) is 206 Å². The largest absolute Gasteiger partial charge is 0.310 e. The van der Waals surface area contributed by atoms with Gasteiger partial charge in [-0.05, 0) is 123 Å². The Balaban J connectivity index is 1.09. The highest BCUT2D eigenvalue weighted by Gasteiger charge is 2.17. The number of hydrogen-bond donors (Lipinski definition) is 0. The van der Waals surface area contributed by atoms with Gasteiger partial charge in [0.05, 0.1) is 11.0 Å². The fraction of sp³-hybridized carbons (Fsp3) is 0. The van der Waals surface area contributed by atoms with Crippen LogP contribution in [-0.2, 0) is 0 Å². The van der Waals surface area contributed by atoms with Gasteiger partial charge in [-0.1, -0.05) is 127 Å². The Morgan fingerprint density at radius 2 is 0.788 bits per heavy atom. The Bertz CT molecular complexity index is 2890. The minimum Gasteiger partial charge on any atom is -0.310 e. The Hall–Kier alpha value is -6.90. The van der Waals surface area contributed by atoms with Crippen molar-refractivity contribution in [2.75, 3.05) is 4.90 Å². The van der Waals surface area contributed by atoms with Crippen molar-refractivity contribution in [3.8, 4) is 27.9 Å². The normalized spacial score (nSPS) is 11.5. The molecule has 1 aromatic heterocycles. The topological polar surface area (TPSA) is 8.17 Å². The first kappa shape index (κ1) is 30.0. The molecule has 0 saturated carbocycles. The summed E-state index contributed by atoms with van der Waals surface area (Å²) in [5, 5.41) is 7.38. The molecule has 0 aliphatic heterocycles. The lowest BCUT2D eigenvalue weighted by Gasteiger charge is -2.26. The van der Waals surface area contributed by atoms with Gasteiger partial charge in [-0.2, -0.15) is 0 Å². The van der Waals surface area contributed by atoms with Crippen molar-refractivity contribution in [2.45, 2.75) is 0 Å². The minimum absolute atomic E-state index is 1.12. The van der Waals surface area contributed by atoms with Gasteiger partial charge in [0, 0.05) is 33.5 Å². The quantitative estimate of drug-likeness (QED) is 0.172. The van der Waals surface area contributed by atoms with E-state index < -0.39 is 0 Å². The van der Waals surface area contributed by atoms with Gasteiger partial charge in [-0.3, -0.25) is 0 Å². The molecule has 0 unspecified atom stereocenters. The monoisotopic (exact) mass is 662 g/mol. The van der Waals surface area contributed by atoms with E-state index in [9.17, 15) is 0 Å².